The van der Waals surface area contributed by atoms with Crippen molar-refractivity contribution in [3.05, 3.63) is 294 Å². The topological polar surface area (TPSA) is 3.24 Å². The summed E-state index contributed by atoms with van der Waals surface area (Å²) in [5.41, 5.74) is 28.5. The molecule has 1 nitrogen and oxygen atoms in total. The number of benzene rings is 11. The zero-order chi connectivity index (χ0) is 47.3. The molecule has 71 heavy (non-hydrogen) atoms. The molecule has 0 atom stereocenters. The molecule has 0 amide bonds. The van der Waals surface area contributed by atoms with Gasteiger partial charge in [-0.3, -0.25) is 0 Å². The first-order chi connectivity index (χ1) is 35.0. The minimum Gasteiger partial charge on any atom is -0.310 e. The second-order valence-electron chi connectivity index (χ2n) is 19.9. The molecule has 0 bridgehead atoms. The van der Waals surface area contributed by atoms with Crippen molar-refractivity contribution in [2.24, 2.45) is 0 Å². The lowest BCUT2D eigenvalue weighted by molar-refractivity contribution is 0.660. The van der Waals surface area contributed by atoms with Crippen LogP contribution < -0.4 is 4.90 Å². The Kier molecular flexibility index (Phi) is 9.22. The number of hydrogen-bond acceptors (Lipinski definition) is 1. The molecule has 0 radical (unpaired) electrons. The number of hydrogen-bond donors (Lipinski definition) is 0. The van der Waals surface area contributed by atoms with Gasteiger partial charge in [0.25, 0.3) is 0 Å². The molecule has 1 heteroatoms. The third-order valence-corrected chi connectivity index (χ3v) is 15.9. The van der Waals surface area contributed by atoms with Crippen LogP contribution in [0.4, 0.5) is 17.1 Å². The van der Waals surface area contributed by atoms with Crippen LogP contribution in [0.15, 0.2) is 261 Å². The molecule has 11 aromatic carbocycles. The van der Waals surface area contributed by atoms with E-state index in [-0.39, 0.29) is 5.41 Å². The van der Waals surface area contributed by atoms with E-state index in [0.717, 1.165) is 17.1 Å². The first-order valence-electron chi connectivity index (χ1n) is 24.9. The Bertz CT molecular complexity index is 3850. The summed E-state index contributed by atoms with van der Waals surface area (Å²) < 4.78 is 0. The molecule has 0 N–H and O–H groups in total. The van der Waals surface area contributed by atoms with E-state index in [1.54, 1.807) is 0 Å². The first-order valence-corrected chi connectivity index (χ1v) is 24.9. The van der Waals surface area contributed by atoms with Crippen molar-refractivity contribution >= 4 is 17.1 Å². The summed E-state index contributed by atoms with van der Waals surface area (Å²) in [6.07, 6.45) is 0. The van der Waals surface area contributed by atoms with E-state index in [9.17, 15) is 0 Å². The van der Waals surface area contributed by atoms with Crippen molar-refractivity contribution in [3.8, 4) is 77.9 Å². The second kappa shape index (κ2) is 15.9. The van der Waals surface area contributed by atoms with E-state index >= 15 is 0 Å². The maximum atomic E-state index is 2.45. The maximum Gasteiger partial charge on any atom is 0.0725 e. The third-order valence-electron chi connectivity index (χ3n) is 15.9. The van der Waals surface area contributed by atoms with Gasteiger partial charge in [-0.25, -0.2) is 0 Å². The number of fused-ring (bicyclic) bond motifs is 13. The predicted octanol–water partition coefficient (Wildman–Crippen LogP) is 18.5. The summed E-state index contributed by atoms with van der Waals surface area (Å²) in [6.45, 7) is 4.71. The van der Waals surface area contributed by atoms with Gasteiger partial charge in [0.05, 0.1) is 5.41 Å². The van der Waals surface area contributed by atoms with E-state index < -0.39 is 5.41 Å². The molecule has 0 saturated carbocycles. The summed E-state index contributed by atoms with van der Waals surface area (Å²) in [6, 6.07) is 97.2. The SMILES string of the molecule is CC1(C)c2ccccc2-c2cc(N(c3ccc(-c4ccccc4-c4cccc5c4-c4ccccc4C54c5ccccc5-c5ccccc54)cc3)c3ccc(-c4ccccc4)c(-c4ccccc4)c3)ccc21. The molecule has 11 aromatic rings. The molecule has 0 aromatic heterocycles. The second-order valence-corrected chi connectivity index (χ2v) is 19.9. The average molecular weight is 904 g/mol. The van der Waals surface area contributed by atoms with Crippen molar-refractivity contribution in [1.29, 1.82) is 0 Å². The minimum absolute atomic E-state index is 0.0875. The van der Waals surface area contributed by atoms with Gasteiger partial charge in [-0.2, -0.15) is 0 Å². The van der Waals surface area contributed by atoms with Crippen LogP contribution in [0.25, 0.3) is 77.9 Å². The van der Waals surface area contributed by atoms with Gasteiger partial charge in [-0.15, -0.1) is 0 Å². The Morgan fingerprint density at radius 3 is 1.27 bits per heavy atom. The zero-order valence-electron chi connectivity index (χ0n) is 39.8. The molecular weight excluding hydrogens is 855 g/mol. The van der Waals surface area contributed by atoms with Crippen LogP contribution in [-0.4, -0.2) is 0 Å². The molecule has 334 valence electrons. The van der Waals surface area contributed by atoms with E-state index in [4.69, 9.17) is 0 Å². The molecule has 3 aliphatic carbocycles. The highest BCUT2D eigenvalue weighted by Crippen LogP contribution is 2.64. The van der Waals surface area contributed by atoms with Crippen LogP contribution >= 0.6 is 0 Å². The van der Waals surface area contributed by atoms with Crippen molar-refractivity contribution in [2.45, 2.75) is 24.7 Å². The highest BCUT2D eigenvalue weighted by atomic mass is 15.1. The van der Waals surface area contributed by atoms with Crippen LogP contribution in [-0.2, 0) is 10.8 Å². The Balaban J connectivity index is 0.927. The normalized spacial score (nSPS) is 13.7. The van der Waals surface area contributed by atoms with E-state index in [0.29, 0.717) is 0 Å². The molecule has 14 rings (SSSR count). The highest BCUT2D eigenvalue weighted by Gasteiger charge is 2.52. The smallest absolute Gasteiger partial charge is 0.0725 e. The van der Waals surface area contributed by atoms with E-state index in [1.807, 2.05) is 0 Å². The van der Waals surface area contributed by atoms with Crippen LogP contribution in [0.5, 0.6) is 0 Å². The summed E-state index contributed by atoms with van der Waals surface area (Å²) >= 11 is 0. The van der Waals surface area contributed by atoms with Gasteiger partial charge >= 0.3 is 0 Å². The van der Waals surface area contributed by atoms with Crippen molar-refractivity contribution in [1.82, 2.24) is 0 Å². The van der Waals surface area contributed by atoms with Crippen LogP contribution in [0.3, 0.4) is 0 Å². The first kappa shape index (κ1) is 41.2. The van der Waals surface area contributed by atoms with Crippen LogP contribution in [0, 0.1) is 0 Å². The fourth-order valence-electron chi connectivity index (χ4n) is 12.8. The van der Waals surface area contributed by atoms with Gasteiger partial charge in [0.15, 0.2) is 0 Å². The van der Waals surface area contributed by atoms with E-state index in [2.05, 4.69) is 280 Å². The number of anilines is 3. The summed E-state index contributed by atoms with van der Waals surface area (Å²) in [4.78, 5) is 2.45. The average Bonchev–Trinajstić information content (AvgIpc) is 4.01. The molecule has 0 saturated heterocycles. The molecular formula is C70H49N. The summed E-state index contributed by atoms with van der Waals surface area (Å²) in [5, 5.41) is 0. The third kappa shape index (κ3) is 6.06. The Morgan fingerprint density at radius 2 is 0.634 bits per heavy atom. The molecule has 0 heterocycles. The zero-order valence-corrected chi connectivity index (χ0v) is 39.8. The van der Waals surface area contributed by atoms with E-state index in [1.165, 1.54) is 111 Å². The molecule has 0 unspecified atom stereocenters. The van der Waals surface area contributed by atoms with Gasteiger partial charge in [0.1, 0.15) is 0 Å². The fourth-order valence-corrected chi connectivity index (χ4v) is 12.8. The van der Waals surface area contributed by atoms with Gasteiger partial charge in [0.2, 0.25) is 0 Å². The maximum absolute atomic E-state index is 2.45. The Hall–Kier alpha value is -8.78. The standard InChI is InChI=1S/C70H49N/c1-69(2)62-31-15-11-28-57(62)61-45-51(41-43-63(61)69)71(50-40-42-53(46-20-5-3-6-21-46)60(44-50)47-22-7-4-8-23-47)49-38-36-48(37-39-49)52-24-9-10-25-54(52)58-30-19-35-67-68(58)59-29-14-18-34-66(59)70(67)64-32-16-12-26-55(64)56-27-13-17-33-65(56)70/h3-45H,1-2H3. The summed E-state index contributed by atoms with van der Waals surface area (Å²) in [5.74, 6) is 0. The number of rotatable bonds is 7. The highest BCUT2D eigenvalue weighted by molar-refractivity contribution is 6.02. The molecule has 3 aliphatic rings. The molecule has 1 spiro atoms. The van der Waals surface area contributed by atoms with Gasteiger partial charge in [-0.1, -0.05) is 238 Å². The van der Waals surface area contributed by atoms with Gasteiger partial charge in [0, 0.05) is 22.5 Å². The van der Waals surface area contributed by atoms with Crippen LogP contribution in [0.1, 0.15) is 47.2 Å². The predicted molar refractivity (Wildman–Crippen MR) is 297 cm³/mol. The molecule has 0 aliphatic heterocycles. The van der Waals surface area contributed by atoms with Crippen molar-refractivity contribution < 1.29 is 0 Å². The lowest BCUT2D eigenvalue weighted by atomic mass is 9.70. The van der Waals surface area contributed by atoms with Crippen molar-refractivity contribution in [3.63, 3.8) is 0 Å². The molecule has 0 fully saturated rings. The number of nitrogens with zero attached hydrogens (tertiary/aromatic N) is 1. The summed E-state index contributed by atoms with van der Waals surface area (Å²) in [7, 11) is 0. The fraction of sp³-hybridized carbons (Fsp3) is 0.0571. The Labute approximate surface area is 416 Å². The lowest BCUT2D eigenvalue weighted by Crippen LogP contribution is -2.25. The van der Waals surface area contributed by atoms with Gasteiger partial charge < -0.3 is 4.90 Å². The monoisotopic (exact) mass is 903 g/mol. The van der Waals surface area contributed by atoms with Crippen LogP contribution in [0.2, 0.25) is 0 Å². The lowest BCUT2D eigenvalue weighted by Gasteiger charge is -2.30. The quantitative estimate of drug-likeness (QED) is 0.154. The van der Waals surface area contributed by atoms with Crippen molar-refractivity contribution in [2.75, 3.05) is 4.90 Å². The largest absolute Gasteiger partial charge is 0.310 e. The minimum atomic E-state index is -0.399. The van der Waals surface area contributed by atoms with Gasteiger partial charge in [-0.05, 0) is 148 Å². The Morgan fingerprint density at radius 1 is 0.239 bits per heavy atom.